The third kappa shape index (κ3) is 3.51. The molecule has 1 aromatic carbocycles. The molecule has 110 valence electrons. The van der Waals surface area contributed by atoms with Gasteiger partial charge in [-0.3, -0.25) is 4.79 Å². The van der Waals surface area contributed by atoms with Crippen molar-refractivity contribution in [1.82, 2.24) is 5.32 Å². The minimum Gasteiger partial charge on any atom is -0.491 e. The lowest BCUT2D eigenvalue weighted by atomic mass is 9.84. The number of carbonyl (C=O) groups excluding carboxylic acids is 1. The van der Waals surface area contributed by atoms with Crippen LogP contribution in [0.25, 0.3) is 0 Å². The second-order valence-electron chi connectivity index (χ2n) is 6.61. The zero-order valence-corrected chi connectivity index (χ0v) is 12.5. The predicted octanol–water partition coefficient (Wildman–Crippen LogP) is 2.25. The molecule has 0 saturated carbocycles. The molecule has 0 spiro atoms. The van der Waals surface area contributed by atoms with Crippen molar-refractivity contribution in [3.63, 3.8) is 0 Å². The van der Waals surface area contributed by atoms with Crippen molar-refractivity contribution in [1.29, 1.82) is 0 Å². The summed E-state index contributed by atoms with van der Waals surface area (Å²) in [5, 5.41) is 3.06. The Bertz CT molecular complexity index is 480. The van der Waals surface area contributed by atoms with Gasteiger partial charge >= 0.3 is 0 Å². The minimum absolute atomic E-state index is 0.0210. The maximum Gasteiger partial charge on any atom is 0.225 e. The smallest absolute Gasteiger partial charge is 0.225 e. The fraction of sp³-hybridized carbons (Fsp3) is 0.562. The molecule has 0 aromatic heterocycles. The van der Waals surface area contributed by atoms with Crippen molar-refractivity contribution < 1.29 is 9.53 Å². The molecular formula is C16H24N2O2. The highest BCUT2D eigenvalue weighted by Gasteiger charge is 2.29. The number of rotatable bonds is 4. The molecule has 1 aliphatic heterocycles. The van der Waals surface area contributed by atoms with Gasteiger partial charge in [-0.1, -0.05) is 39.0 Å². The molecule has 1 aliphatic rings. The average molecular weight is 276 g/mol. The number of hydrogen-bond acceptors (Lipinski definition) is 3. The topological polar surface area (TPSA) is 64.4 Å². The van der Waals surface area contributed by atoms with Gasteiger partial charge in [0, 0.05) is 12.1 Å². The Morgan fingerprint density at radius 3 is 2.80 bits per heavy atom. The van der Waals surface area contributed by atoms with Gasteiger partial charge in [-0.05, 0) is 17.9 Å². The van der Waals surface area contributed by atoms with E-state index < -0.39 is 0 Å². The van der Waals surface area contributed by atoms with E-state index >= 15 is 0 Å². The van der Waals surface area contributed by atoms with Crippen molar-refractivity contribution in [2.24, 2.45) is 17.1 Å². The third-order valence-electron chi connectivity index (χ3n) is 3.53. The van der Waals surface area contributed by atoms with Gasteiger partial charge in [-0.2, -0.15) is 0 Å². The third-order valence-corrected chi connectivity index (χ3v) is 3.53. The molecule has 1 heterocycles. The van der Waals surface area contributed by atoms with Gasteiger partial charge in [0.1, 0.15) is 12.4 Å². The molecule has 0 radical (unpaired) electrons. The van der Waals surface area contributed by atoms with Crippen LogP contribution in [0.3, 0.4) is 0 Å². The lowest BCUT2D eigenvalue weighted by molar-refractivity contribution is -0.126. The van der Waals surface area contributed by atoms with E-state index in [1.165, 1.54) is 0 Å². The molecule has 20 heavy (non-hydrogen) atoms. The summed E-state index contributed by atoms with van der Waals surface area (Å²) in [5.74, 6) is 0.730. The Labute approximate surface area is 120 Å². The van der Waals surface area contributed by atoms with Crippen LogP contribution in [0.2, 0.25) is 0 Å². The van der Waals surface area contributed by atoms with Crippen molar-refractivity contribution in [3.05, 3.63) is 29.8 Å². The van der Waals surface area contributed by atoms with E-state index in [0.29, 0.717) is 13.2 Å². The summed E-state index contributed by atoms with van der Waals surface area (Å²) in [4.78, 5) is 12.4. The molecule has 4 nitrogen and oxygen atoms in total. The molecular weight excluding hydrogens is 252 g/mol. The van der Waals surface area contributed by atoms with Gasteiger partial charge in [-0.25, -0.2) is 0 Å². The summed E-state index contributed by atoms with van der Waals surface area (Å²) in [6.07, 6.45) is 0.782. The highest BCUT2D eigenvalue weighted by molar-refractivity contribution is 5.79. The molecule has 1 aromatic rings. The SMILES string of the molecule is CC(C)(C)CC(CN)C(=O)NC1COc2ccccc21. The standard InChI is InChI=1S/C16H24N2O2/c1-16(2,3)8-11(9-17)15(19)18-13-10-20-14-7-5-4-6-12(13)14/h4-7,11,13H,8-10,17H2,1-3H3,(H,18,19). The van der Waals surface area contributed by atoms with Crippen LogP contribution in [0.5, 0.6) is 5.75 Å². The monoisotopic (exact) mass is 276 g/mol. The lowest BCUT2D eigenvalue weighted by Crippen LogP contribution is -2.39. The van der Waals surface area contributed by atoms with Crippen LogP contribution in [-0.2, 0) is 4.79 Å². The molecule has 1 amide bonds. The largest absolute Gasteiger partial charge is 0.491 e. The van der Waals surface area contributed by atoms with Crippen molar-refractivity contribution in [2.45, 2.75) is 33.2 Å². The van der Waals surface area contributed by atoms with Gasteiger partial charge in [0.2, 0.25) is 5.91 Å². The summed E-state index contributed by atoms with van der Waals surface area (Å²) in [6, 6.07) is 7.76. The van der Waals surface area contributed by atoms with E-state index in [-0.39, 0.29) is 23.3 Å². The Kier molecular flexibility index (Phi) is 4.33. The molecule has 2 atom stereocenters. The Balaban J connectivity index is 2.01. The molecule has 2 unspecified atom stereocenters. The first-order chi connectivity index (χ1) is 9.40. The Hall–Kier alpha value is -1.55. The van der Waals surface area contributed by atoms with Crippen molar-refractivity contribution in [3.8, 4) is 5.75 Å². The van der Waals surface area contributed by atoms with Crippen LogP contribution in [-0.4, -0.2) is 19.1 Å². The number of carbonyl (C=O) groups is 1. The predicted molar refractivity (Wildman–Crippen MR) is 79.4 cm³/mol. The van der Waals surface area contributed by atoms with Gasteiger partial charge < -0.3 is 15.8 Å². The van der Waals surface area contributed by atoms with E-state index in [1.54, 1.807) is 0 Å². The van der Waals surface area contributed by atoms with Crippen LogP contribution in [0.4, 0.5) is 0 Å². The lowest BCUT2D eigenvalue weighted by Gasteiger charge is -2.25. The van der Waals surface area contributed by atoms with Crippen LogP contribution in [0.15, 0.2) is 24.3 Å². The molecule has 0 bridgehead atoms. The fourth-order valence-electron chi connectivity index (χ4n) is 2.59. The highest BCUT2D eigenvalue weighted by atomic mass is 16.5. The maximum absolute atomic E-state index is 12.4. The molecule has 0 fully saturated rings. The first-order valence-corrected chi connectivity index (χ1v) is 7.13. The summed E-state index contributed by atoms with van der Waals surface area (Å²) in [7, 11) is 0. The zero-order valence-electron chi connectivity index (χ0n) is 12.5. The van der Waals surface area contributed by atoms with Gasteiger partial charge in [0.25, 0.3) is 0 Å². The number of amides is 1. The normalized spacial score (nSPS) is 19.1. The number of benzene rings is 1. The molecule has 0 saturated heterocycles. The first kappa shape index (κ1) is 14.9. The van der Waals surface area contributed by atoms with Crippen molar-refractivity contribution >= 4 is 5.91 Å². The fourth-order valence-corrected chi connectivity index (χ4v) is 2.59. The van der Waals surface area contributed by atoms with Crippen LogP contribution < -0.4 is 15.8 Å². The molecule has 2 rings (SSSR count). The maximum atomic E-state index is 12.4. The first-order valence-electron chi connectivity index (χ1n) is 7.13. The number of nitrogens with one attached hydrogen (secondary N) is 1. The highest BCUT2D eigenvalue weighted by Crippen LogP contribution is 2.32. The molecule has 0 aliphatic carbocycles. The number of ether oxygens (including phenoxy) is 1. The summed E-state index contributed by atoms with van der Waals surface area (Å²) < 4.78 is 5.58. The second kappa shape index (κ2) is 5.83. The average Bonchev–Trinajstić information content (AvgIpc) is 2.78. The minimum atomic E-state index is -0.150. The number of fused-ring (bicyclic) bond motifs is 1. The van der Waals surface area contributed by atoms with Crippen LogP contribution >= 0.6 is 0 Å². The van der Waals surface area contributed by atoms with E-state index in [0.717, 1.165) is 17.7 Å². The zero-order chi connectivity index (χ0) is 14.8. The van der Waals surface area contributed by atoms with E-state index in [4.69, 9.17) is 10.5 Å². The summed E-state index contributed by atoms with van der Waals surface area (Å²) in [6.45, 7) is 7.24. The molecule has 4 heteroatoms. The van der Waals surface area contributed by atoms with E-state index in [1.807, 2.05) is 24.3 Å². The number of nitrogens with two attached hydrogens (primary N) is 1. The number of para-hydroxylation sites is 1. The molecule has 3 N–H and O–H groups in total. The van der Waals surface area contributed by atoms with Gasteiger partial charge in [-0.15, -0.1) is 0 Å². The Morgan fingerprint density at radius 1 is 1.45 bits per heavy atom. The van der Waals surface area contributed by atoms with Crippen LogP contribution in [0, 0.1) is 11.3 Å². The second-order valence-corrected chi connectivity index (χ2v) is 6.61. The van der Waals surface area contributed by atoms with E-state index in [9.17, 15) is 4.79 Å². The van der Waals surface area contributed by atoms with Gasteiger partial charge in [0.15, 0.2) is 0 Å². The quantitative estimate of drug-likeness (QED) is 0.886. The van der Waals surface area contributed by atoms with Crippen molar-refractivity contribution in [2.75, 3.05) is 13.2 Å². The van der Waals surface area contributed by atoms with E-state index in [2.05, 4.69) is 26.1 Å². The summed E-state index contributed by atoms with van der Waals surface area (Å²) in [5.41, 5.74) is 6.89. The van der Waals surface area contributed by atoms with Gasteiger partial charge in [0.05, 0.1) is 12.0 Å². The summed E-state index contributed by atoms with van der Waals surface area (Å²) >= 11 is 0. The number of hydrogen-bond donors (Lipinski definition) is 2. The Morgan fingerprint density at radius 2 is 2.15 bits per heavy atom. The van der Waals surface area contributed by atoms with Crippen LogP contribution in [0.1, 0.15) is 38.8 Å².